The van der Waals surface area contributed by atoms with E-state index >= 15 is 0 Å². The highest BCUT2D eigenvalue weighted by Gasteiger charge is 2.42. The monoisotopic (exact) mass is 323 g/mol. The van der Waals surface area contributed by atoms with Crippen LogP contribution in [0.5, 0.6) is 0 Å². The van der Waals surface area contributed by atoms with Gasteiger partial charge in [0.05, 0.1) is 5.60 Å². The van der Waals surface area contributed by atoms with E-state index in [9.17, 15) is 19.4 Å². The minimum atomic E-state index is -1.07. The molecule has 2 N–H and O–H groups in total. The molecule has 0 radical (unpaired) electrons. The molecule has 1 aromatic rings. The second-order valence-corrected chi connectivity index (χ2v) is 7.57. The molecule has 2 rings (SSSR count). The summed E-state index contributed by atoms with van der Waals surface area (Å²) in [6, 6.07) is 6.19. The maximum atomic E-state index is 13.9. The van der Waals surface area contributed by atoms with Crippen LogP contribution in [0.1, 0.15) is 52.0 Å². The van der Waals surface area contributed by atoms with E-state index in [-0.39, 0.29) is 18.3 Å². The van der Waals surface area contributed by atoms with E-state index in [2.05, 4.69) is 0 Å². The Hall–Kier alpha value is -1.62. The van der Waals surface area contributed by atoms with Gasteiger partial charge in [0.1, 0.15) is 5.82 Å². The van der Waals surface area contributed by atoms with Gasteiger partial charge in [-0.15, -0.1) is 0 Å². The number of hydrogen-bond acceptors (Lipinski definition) is 2. The fraction of sp³-hybridized carbons (Fsp3) is 0.611. The zero-order chi connectivity index (χ0) is 17.3. The Balaban J connectivity index is 2.19. The molecule has 1 amide bonds. The summed E-state index contributed by atoms with van der Waals surface area (Å²) in [6.07, 6.45) is 1.60. The fourth-order valence-electron chi connectivity index (χ4n) is 3.68. The first-order chi connectivity index (χ1) is 10.6. The number of hydrogen-bond donors (Lipinski definition) is 2. The molecule has 0 aromatic heterocycles. The lowest BCUT2D eigenvalue weighted by Crippen LogP contribution is -2.55. The molecule has 0 aliphatic heterocycles. The van der Waals surface area contributed by atoms with Crippen molar-refractivity contribution in [2.45, 2.75) is 70.1 Å². The maximum Gasteiger partial charge on any atom is 0.407 e. The van der Waals surface area contributed by atoms with E-state index in [1.807, 2.05) is 20.8 Å². The second-order valence-electron chi connectivity index (χ2n) is 7.57. The molecule has 2 unspecified atom stereocenters. The molecule has 23 heavy (non-hydrogen) atoms. The minimum Gasteiger partial charge on any atom is -0.465 e. The van der Waals surface area contributed by atoms with Gasteiger partial charge in [0, 0.05) is 18.0 Å². The average molecular weight is 323 g/mol. The number of aliphatic hydroxyl groups is 1. The summed E-state index contributed by atoms with van der Waals surface area (Å²) >= 11 is 0. The largest absolute Gasteiger partial charge is 0.465 e. The fourth-order valence-corrected chi connectivity index (χ4v) is 3.68. The number of halogens is 1. The van der Waals surface area contributed by atoms with Crippen molar-refractivity contribution in [1.82, 2.24) is 4.90 Å². The van der Waals surface area contributed by atoms with Gasteiger partial charge in [0.15, 0.2) is 0 Å². The minimum absolute atomic E-state index is 0.216. The molecule has 0 heterocycles. The highest BCUT2D eigenvalue weighted by molar-refractivity contribution is 5.66. The first-order valence-electron chi connectivity index (χ1n) is 8.10. The number of carbonyl (C=O) groups is 1. The number of nitrogens with zero attached hydrogens (tertiary/aromatic N) is 1. The van der Waals surface area contributed by atoms with Gasteiger partial charge < -0.3 is 15.1 Å². The van der Waals surface area contributed by atoms with Crippen molar-refractivity contribution in [3.05, 3.63) is 35.6 Å². The Bertz CT molecular complexity index is 570. The first kappa shape index (κ1) is 17.7. The highest BCUT2D eigenvalue weighted by atomic mass is 19.1. The first-order valence-corrected chi connectivity index (χ1v) is 8.10. The lowest BCUT2D eigenvalue weighted by Gasteiger charge is -2.46. The molecule has 4 nitrogen and oxygen atoms in total. The number of rotatable bonds is 3. The van der Waals surface area contributed by atoms with Crippen LogP contribution >= 0.6 is 0 Å². The third-order valence-corrected chi connectivity index (χ3v) is 4.57. The Morgan fingerprint density at radius 1 is 1.39 bits per heavy atom. The number of benzene rings is 1. The molecule has 5 heteroatoms. The van der Waals surface area contributed by atoms with Crippen molar-refractivity contribution < 1.29 is 19.4 Å². The van der Waals surface area contributed by atoms with Gasteiger partial charge in [-0.1, -0.05) is 18.2 Å². The third-order valence-electron chi connectivity index (χ3n) is 4.57. The summed E-state index contributed by atoms with van der Waals surface area (Å²) in [6.45, 7) is 5.56. The molecule has 1 aliphatic rings. The molecular weight excluding hydrogens is 297 g/mol. The molecular formula is C18H26FNO3. The quantitative estimate of drug-likeness (QED) is 0.889. The van der Waals surface area contributed by atoms with E-state index < -0.39 is 17.2 Å². The Morgan fingerprint density at radius 3 is 2.61 bits per heavy atom. The van der Waals surface area contributed by atoms with Gasteiger partial charge in [-0.3, -0.25) is 0 Å². The van der Waals surface area contributed by atoms with Crippen molar-refractivity contribution in [3.8, 4) is 0 Å². The Morgan fingerprint density at radius 2 is 2.04 bits per heavy atom. The van der Waals surface area contributed by atoms with Crippen molar-refractivity contribution >= 4 is 6.09 Å². The second kappa shape index (κ2) is 6.48. The molecule has 1 saturated carbocycles. The zero-order valence-corrected chi connectivity index (χ0v) is 14.1. The summed E-state index contributed by atoms with van der Waals surface area (Å²) in [5, 5.41) is 20.5. The van der Waals surface area contributed by atoms with Crippen LogP contribution < -0.4 is 0 Å². The van der Waals surface area contributed by atoms with E-state index in [4.69, 9.17) is 0 Å². The van der Waals surface area contributed by atoms with Crippen LogP contribution in [0, 0.1) is 5.82 Å². The van der Waals surface area contributed by atoms with E-state index in [1.165, 1.54) is 11.0 Å². The lowest BCUT2D eigenvalue weighted by molar-refractivity contribution is -0.0417. The molecule has 1 fully saturated rings. The molecule has 0 bridgehead atoms. The van der Waals surface area contributed by atoms with E-state index in [0.29, 0.717) is 18.4 Å². The predicted molar refractivity (Wildman–Crippen MR) is 86.9 cm³/mol. The van der Waals surface area contributed by atoms with Gasteiger partial charge in [-0.25, -0.2) is 9.18 Å². The van der Waals surface area contributed by atoms with Crippen LogP contribution in [0.25, 0.3) is 0 Å². The molecule has 1 aliphatic carbocycles. The lowest BCUT2D eigenvalue weighted by atomic mass is 9.77. The summed E-state index contributed by atoms with van der Waals surface area (Å²) in [4.78, 5) is 13.1. The summed E-state index contributed by atoms with van der Waals surface area (Å²) in [7, 11) is 0. The van der Waals surface area contributed by atoms with Crippen LogP contribution in [-0.4, -0.2) is 38.4 Å². The van der Waals surface area contributed by atoms with Crippen molar-refractivity contribution in [2.24, 2.45) is 0 Å². The Labute approximate surface area is 136 Å². The number of carboxylic acid groups (broad SMARTS) is 1. The summed E-state index contributed by atoms with van der Waals surface area (Å²) in [5.41, 5.74) is -1.12. The van der Waals surface area contributed by atoms with Crippen molar-refractivity contribution in [2.75, 3.05) is 0 Å². The van der Waals surface area contributed by atoms with Crippen LogP contribution in [0.3, 0.4) is 0 Å². The standard InChI is InChI=1S/C18H26FNO3/c1-17(2,3)20(16(21)22)14-8-6-10-18(23,12-14)11-13-7-4-5-9-15(13)19/h4-5,7,9,14,23H,6,8,10-12H2,1-3H3,(H,21,22). The molecule has 2 atom stereocenters. The molecule has 128 valence electrons. The van der Waals surface area contributed by atoms with Crippen molar-refractivity contribution in [1.29, 1.82) is 0 Å². The Kier molecular flexibility index (Phi) is 4.99. The van der Waals surface area contributed by atoms with Gasteiger partial charge in [-0.2, -0.15) is 0 Å². The number of amides is 1. The van der Waals surface area contributed by atoms with E-state index in [1.54, 1.807) is 18.2 Å². The van der Waals surface area contributed by atoms with Gasteiger partial charge >= 0.3 is 6.09 Å². The van der Waals surface area contributed by atoms with Crippen LogP contribution in [-0.2, 0) is 6.42 Å². The van der Waals surface area contributed by atoms with Gasteiger partial charge in [0.25, 0.3) is 0 Å². The zero-order valence-electron chi connectivity index (χ0n) is 14.1. The topological polar surface area (TPSA) is 60.8 Å². The molecule has 0 saturated heterocycles. The van der Waals surface area contributed by atoms with Crippen LogP contribution in [0.4, 0.5) is 9.18 Å². The molecule has 1 aromatic carbocycles. The smallest absolute Gasteiger partial charge is 0.407 e. The SMILES string of the molecule is CC(C)(C)N(C(=O)O)C1CCCC(O)(Cc2ccccc2F)C1. The average Bonchev–Trinajstić information content (AvgIpc) is 2.39. The molecule has 0 spiro atoms. The summed E-state index contributed by atoms with van der Waals surface area (Å²) < 4.78 is 13.9. The van der Waals surface area contributed by atoms with Crippen LogP contribution in [0.15, 0.2) is 24.3 Å². The van der Waals surface area contributed by atoms with Gasteiger partial charge in [-0.05, 0) is 58.1 Å². The maximum absolute atomic E-state index is 13.9. The van der Waals surface area contributed by atoms with Crippen LogP contribution in [0.2, 0.25) is 0 Å². The van der Waals surface area contributed by atoms with Crippen molar-refractivity contribution in [3.63, 3.8) is 0 Å². The normalized spacial score (nSPS) is 25.2. The summed E-state index contributed by atoms with van der Waals surface area (Å²) in [5.74, 6) is -0.325. The highest BCUT2D eigenvalue weighted by Crippen LogP contribution is 2.36. The van der Waals surface area contributed by atoms with Gasteiger partial charge in [0.2, 0.25) is 0 Å². The van der Waals surface area contributed by atoms with E-state index in [0.717, 1.165) is 12.8 Å². The predicted octanol–water partition coefficient (Wildman–Crippen LogP) is 3.82. The third kappa shape index (κ3) is 4.22.